The molecule has 1 aliphatic heterocycles. The van der Waals surface area contributed by atoms with Gasteiger partial charge < -0.3 is 20.5 Å². The SMILES string of the molecule is N[C@H](C(=O)N1CCOC(CC(=O)O)C1)c1ccccc1. The van der Waals surface area contributed by atoms with E-state index in [0.717, 1.165) is 5.56 Å². The Morgan fingerprint density at radius 3 is 2.75 bits per heavy atom. The van der Waals surface area contributed by atoms with E-state index in [-0.39, 0.29) is 18.9 Å². The second kappa shape index (κ2) is 6.49. The lowest BCUT2D eigenvalue weighted by Gasteiger charge is -2.33. The quantitative estimate of drug-likeness (QED) is 0.831. The van der Waals surface area contributed by atoms with Gasteiger partial charge in [0.25, 0.3) is 0 Å². The molecule has 108 valence electrons. The molecule has 0 saturated carbocycles. The minimum absolute atomic E-state index is 0.107. The average Bonchev–Trinajstić information content (AvgIpc) is 2.46. The number of amides is 1. The zero-order valence-electron chi connectivity index (χ0n) is 11.1. The van der Waals surface area contributed by atoms with Gasteiger partial charge in [-0.15, -0.1) is 0 Å². The third-order valence-corrected chi connectivity index (χ3v) is 3.28. The summed E-state index contributed by atoms with van der Waals surface area (Å²) >= 11 is 0. The van der Waals surface area contributed by atoms with Crippen molar-refractivity contribution in [1.29, 1.82) is 0 Å². The van der Waals surface area contributed by atoms with Crippen molar-refractivity contribution in [2.24, 2.45) is 5.73 Å². The van der Waals surface area contributed by atoms with Crippen LogP contribution in [0.5, 0.6) is 0 Å². The summed E-state index contributed by atoms with van der Waals surface area (Å²) in [7, 11) is 0. The number of ether oxygens (including phenoxy) is 1. The molecule has 1 fully saturated rings. The summed E-state index contributed by atoms with van der Waals surface area (Å²) in [5.74, 6) is -1.13. The van der Waals surface area contributed by atoms with Crippen LogP contribution in [0.25, 0.3) is 0 Å². The van der Waals surface area contributed by atoms with Crippen LogP contribution in [0.1, 0.15) is 18.0 Å². The Morgan fingerprint density at radius 1 is 1.40 bits per heavy atom. The fourth-order valence-corrected chi connectivity index (χ4v) is 2.24. The molecule has 6 nitrogen and oxygen atoms in total. The molecule has 6 heteroatoms. The van der Waals surface area contributed by atoms with E-state index in [1.165, 1.54) is 0 Å². The van der Waals surface area contributed by atoms with Gasteiger partial charge in [0.1, 0.15) is 6.04 Å². The van der Waals surface area contributed by atoms with Crippen LogP contribution in [0.3, 0.4) is 0 Å². The maximum atomic E-state index is 12.3. The zero-order chi connectivity index (χ0) is 14.5. The van der Waals surface area contributed by atoms with Crippen LogP contribution in [0.2, 0.25) is 0 Å². The molecular weight excluding hydrogens is 260 g/mol. The van der Waals surface area contributed by atoms with Gasteiger partial charge in [-0.05, 0) is 5.56 Å². The van der Waals surface area contributed by atoms with Crippen molar-refractivity contribution in [3.63, 3.8) is 0 Å². The summed E-state index contributed by atoms with van der Waals surface area (Å²) < 4.78 is 5.34. The number of nitrogens with two attached hydrogens (primary N) is 1. The van der Waals surface area contributed by atoms with Crippen LogP contribution in [0.15, 0.2) is 30.3 Å². The summed E-state index contributed by atoms with van der Waals surface area (Å²) in [6, 6.07) is 8.40. The number of carboxylic acid groups (broad SMARTS) is 1. The number of carbonyl (C=O) groups excluding carboxylic acids is 1. The van der Waals surface area contributed by atoms with Gasteiger partial charge in [-0.25, -0.2) is 0 Å². The van der Waals surface area contributed by atoms with Crippen LogP contribution < -0.4 is 5.73 Å². The molecule has 2 rings (SSSR count). The number of benzene rings is 1. The number of hydrogen-bond acceptors (Lipinski definition) is 4. The van der Waals surface area contributed by atoms with Gasteiger partial charge in [0.2, 0.25) is 5.91 Å². The second-order valence-corrected chi connectivity index (χ2v) is 4.76. The molecule has 20 heavy (non-hydrogen) atoms. The third-order valence-electron chi connectivity index (χ3n) is 3.28. The lowest BCUT2D eigenvalue weighted by molar-refractivity contribution is -0.148. The molecule has 0 bridgehead atoms. The van der Waals surface area contributed by atoms with Crippen molar-refractivity contribution in [2.75, 3.05) is 19.7 Å². The molecule has 3 N–H and O–H groups in total. The normalized spacial score (nSPS) is 20.4. The topological polar surface area (TPSA) is 92.9 Å². The lowest BCUT2D eigenvalue weighted by atomic mass is 10.1. The Labute approximate surface area is 117 Å². The fourth-order valence-electron chi connectivity index (χ4n) is 2.24. The summed E-state index contributed by atoms with van der Waals surface area (Å²) in [5, 5.41) is 8.77. The Bertz CT molecular complexity index is 477. The van der Waals surface area contributed by atoms with Gasteiger partial charge in [-0.3, -0.25) is 9.59 Å². The molecule has 1 aliphatic rings. The van der Waals surface area contributed by atoms with Gasteiger partial charge in [0.15, 0.2) is 0 Å². The minimum Gasteiger partial charge on any atom is -0.481 e. The van der Waals surface area contributed by atoms with Gasteiger partial charge in [0.05, 0.1) is 19.1 Å². The summed E-state index contributed by atoms with van der Waals surface area (Å²) in [6.07, 6.45) is -0.571. The predicted molar refractivity (Wildman–Crippen MR) is 71.9 cm³/mol. The summed E-state index contributed by atoms with van der Waals surface area (Å²) in [4.78, 5) is 24.6. The van der Waals surface area contributed by atoms with E-state index >= 15 is 0 Å². The van der Waals surface area contributed by atoms with Crippen molar-refractivity contribution in [3.8, 4) is 0 Å². The van der Waals surface area contributed by atoms with E-state index in [4.69, 9.17) is 15.6 Å². The first-order valence-corrected chi connectivity index (χ1v) is 6.50. The zero-order valence-corrected chi connectivity index (χ0v) is 11.1. The van der Waals surface area contributed by atoms with Crippen molar-refractivity contribution < 1.29 is 19.4 Å². The highest BCUT2D eigenvalue weighted by molar-refractivity contribution is 5.83. The molecule has 0 spiro atoms. The molecule has 0 radical (unpaired) electrons. The molecule has 1 aromatic rings. The van der Waals surface area contributed by atoms with Gasteiger partial charge in [0, 0.05) is 13.1 Å². The highest BCUT2D eigenvalue weighted by Crippen LogP contribution is 2.16. The van der Waals surface area contributed by atoms with Crippen molar-refractivity contribution in [2.45, 2.75) is 18.6 Å². The predicted octanol–water partition coefficient (Wildman–Crippen LogP) is 0.389. The number of hydrogen-bond donors (Lipinski definition) is 2. The maximum absolute atomic E-state index is 12.3. The van der Waals surface area contributed by atoms with Crippen LogP contribution in [-0.2, 0) is 14.3 Å². The number of carboxylic acids is 1. The molecule has 1 saturated heterocycles. The van der Waals surface area contributed by atoms with E-state index in [1.807, 2.05) is 18.2 Å². The monoisotopic (exact) mass is 278 g/mol. The van der Waals surface area contributed by atoms with Crippen molar-refractivity contribution in [3.05, 3.63) is 35.9 Å². The number of aliphatic carboxylic acids is 1. The van der Waals surface area contributed by atoms with E-state index in [9.17, 15) is 9.59 Å². The van der Waals surface area contributed by atoms with E-state index in [2.05, 4.69) is 0 Å². The first-order valence-electron chi connectivity index (χ1n) is 6.50. The summed E-state index contributed by atoms with van der Waals surface area (Å²) in [6.45, 7) is 1.05. The molecule has 0 aromatic heterocycles. The fraction of sp³-hybridized carbons (Fsp3) is 0.429. The maximum Gasteiger partial charge on any atom is 0.306 e. The van der Waals surface area contributed by atoms with E-state index < -0.39 is 18.1 Å². The molecule has 1 amide bonds. The van der Waals surface area contributed by atoms with Crippen molar-refractivity contribution in [1.82, 2.24) is 4.90 Å². The van der Waals surface area contributed by atoms with Crippen LogP contribution >= 0.6 is 0 Å². The standard InChI is InChI=1S/C14H18N2O4/c15-13(10-4-2-1-3-5-10)14(19)16-6-7-20-11(9-16)8-12(17)18/h1-5,11,13H,6-9,15H2,(H,17,18)/t11?,13-/m0/s1. The average molecular weight is 278 g/mol. The van der Waals surface area contributed by atoms with Crippen molar-refractivity contribution >= 4 is 11.9 Å². The Balaban J connectivity index is 1.99. The van der Waals surface area contributed by atoms with E-state index in [0.29, 0.717) is 13.2 Å². The minimum atomic E-state index is -0.934. The molecule has 1 unspecified atom stereocenters. The second-order valence-electron chi connectivity index (χ2n) is 4.76. The van der Waals surface area contributed by atoms with Crippen LogP contribution in [-0.4, -0.2) is 47.7 Å². The number of carbonyl (C=O) groups is 2. The van der Waals surface area contributed by atoms with Gasteiger partial charge in [-0.1, -0.05) is 30.3 Å². The number of morpholine rings is 1. The Kier molecular flexibility index (Phi) is 4.70. The molecule has 0 aliphatic carbocycles. The number of nitrogens with zero attached hydrogens (tertiary/aromatic N) is 1. The smallest absolute Gasteiger partial charge is 0.306 e. The van der Waals surface area contributed by atoms with Crippen LogP contribution in [0.4, 0.5) is 0 Å². The van der Waals surface area contributed by atoms with Gasteiger partial charge in [-0.2, -0.15) is 0 Å². The van der Waals surface area contributed by atoms with Gasteiger partial charge >= 0.3 is 5.97 Å². The molecule has 1 heterocycles. The number of rotatable bonds is 4. The highest BCUT2D eigenvalue weighted by Gasteiger charge is 2.29. The largest absolute Gasteiger partial charge is 0.481 e. The van der Waals surface area contributed by atoms with E-state index in [1.54, 1.807) is 17.0 Å². The molecular formula is C14H18N2O4. The Hall–Kier alpha value is -1.92. The highest BCUT2D eigenvalue weighted by atomic mass is 16.5. The first kappa shape index (κ1) is 14.5. The summed E-state index contributed by atoms with van der Waals surface area (Å²) in [5.41, 5.74) is 6.72. The van der Waals surface area contributed by atoms with Crippen LogP contribution in [0, 0.1) is 0 Å². The third kappa shape index (κ3) is 3.55. The molecule has 1 aromatic carbocycles. The molecule has 2 atom stereocenters. The lowest BCUT2D eigenvalue weighted by Crippen LogP contribution is -2.49. The first-order chi connectivity index (χ1) is 9.58. The Morgan fingerprint density at radius 2 is 2.10 bits per heavy atom.